The normalized spacial score (nSPS) is 18.2. The molecule has 3 aromatic heterocycles. The van der Waals surface area contributed by atoms with Gasteiger partial charge in [-0.2, -0.15) is 0 Å². The molecule has 1 N–H and O–H groups in total. The molecule has 31 heavy (non-hydrogen) atoms. The lowest BCUT2D eigenvalue weighted by Gasteiger charge is -2.31. The van der Waals surface area contributed by atoms with E-state index in [0.29, 0.717) is 47.1 Å². The number of fused-ring (bicyclic) bond motifs is 1. The Bertz CT molecular complexity index is 1110. The third-order valence-corrected chi connectivity index (χ3v) is 6.33. The van der Waals surface area contributed by atoms with E-state index in [0.717, 1.165) is 31.5 Å². The number of aryl methyl sites for hydroxylation is 1. The van der Waals surface area contributed by atoms with Crippen LogP contribution in [0.2, 0.25) is 0 Å². The molecule has 1 aliphatic heterocycles. The molecular formula is C22H26N6O3. The predicted octanol–water partition coefficient (Wildman–Crippen LogP) is 3.31. The van der Waals surface area contributed by atoms with Gasteiger partial charge in [0.05, 0.1) is 30.5 Å². The van der Waals surface area contributed by atoms with Crippen molar-refractivity contribution < 1.29 is 13.9 Å². The van der Waals surface area contributed by atoms with Crippen molar-refractivity contribution in [1.29, 1.82) is 0 Å². The Morgan fingerprint density at radius 1 is 1.19 bits per heavy atom. The summed E-state index contributed by atoms with van der Waals surface area (Å²) in [4.78, 5) is 32.9. The fourth-order valence-corrected chi connectivity index (χ4v) is 4.14. The predicted molar refractivity (Wildman–Crippen MR) is 114 cm³/mol. The third-order valence-electron chi connectivity index (χ3n) is 6.33. The van der Waals surface area contributed by atoms with Crippen molar-refractivity contribution in [3.8, 4) is 5.75 Å². The Balaban J connectivity index is 1.36. The minimum Gasteiger partial charge on any atom is -0.494 e. The van der Waals surface area contributed by atoms with Crippen LogP contribution in [-0.2, 0) is 0 Å². The van der Waals surface area contributed by atoms with Crippen LogP contribution in [0, 0.1) is 6.92 Å². The topological polar surface area (TPSA) is 106 Å². The highest BCUT2D eigenvalue weighted by molar-refractivity contribution is 6.10. The minimum absolute atomic E-state index is 0.0312. The summed E-state index contributed by atoms with van der Waals surface area (Å²) in [6.07, 6.45) is 8.65. The number of piperidine rings is 1. The molecule has 1 saturated carbocycles. The average Bonchev–Trinajstić information content (AvgIpc) is 3.41. The molecular weight excluding hydrogens is 396 g/mol. The SMILES string of the molecule is COc1cnc(C2CCN(C(=O)c3c(C)oc4ncnc(NC5(C)CC5)c34)CC2)nc1. The van der Waals surface area contributed by atoms with Crippen LogP contribution in [0.5, 0.6) is 5.75 Å². The van der Waals surface area contributed by atoms with Gasteiger partial charge in [0, 0.05) is 24.5 Å². The van der Waals surface area contributed by atoms with E-state index in [9.17, 15) is 4.79 Å². The number of carbonyl (C=O) groups is 1. The van der Waals surface area contributed by atoms with E-state index in [1.165, 1.54) is 6.33 Å². The van der Waals surface area contributed by atoms with Crippen molar-refractivity contribution in [2.45, 2.75) is 51.0 Å². The van der Waals surface area contributed by atoms with Gasteiger partial charge in [0.15, 0.2) is 5.75 Å². The standard InChI is InChI=1S/C22H26N6O3/c1-13-16(17-19(27-22(2)6-7-22)25-12-26-20(17)31-13)21(29)28-8-4-14(5-9-28)18-23-10-15(30-3)11-24-18/h10-12,14H,4-9H2,1-3H3,(H,25,26,27). The van der Waals surface area contributed by atoms with E-state index < -0.39 is 0 Å². The monoisotopic (exact) mass is 422 g/mol. The fourth-order valence-electron chi connectivity index (χ4n) is 4.14. The molecule has 0 aromatic carbocycles. The second-order valence-electron chi connectivity index (χ2n) is 8.67. The van der Waals surface area contributed by atoms with Crippen LogP contribution >= 0.6 is 0 Å². The van der Waals surface area contributed by atoms with E-state index in [4.69, 9.17) is 9.15 Å². The molecule has 1 amide bonds. The van der Waals surface area contributed by atoms with Crippen LogP contribution in [0.1, 0.15) is 60.5 Å². The van der Waals surface area contributed by atoms with Crippen LogP contribution in [0.25, 0.3) is 11.1 Å². The number of amides is 1. The molecule has 5 rings (SSSR count). The summed E-state index contributed by atoms with van der Waals surface area (Å²) in [5, 5.41) is 4.16. The van der Waals surface area contributed by atoms with Crippen molar-refractivity contribution in [3.63, 3.8) is 0 Å². The maximum absolute atomic E-state index is 13.5. The van der Waals surface area contributed by atoms with Gasteiger partial charge in [0.2, 0.25) is 5.71 Å². The molecule has 1 aliphatic carbocycles. The van der Waals surface area contributed by atoms with Gasteiger partial charge in [-0.3, -0.25) is 4.79 Å². The van der Waals surface area contributed by atoms with Crippen molar-refractivity contribution in [3.05, 3.63) is 35.9 Å². The fraction of sp³-hybridized carbons (Fsp3) is 0.500. The number of likely N-dealkylation sites (tertiary alicyclic amines) is 1. The maximum Gasteiger partial charge on any atom is 0.258 e. The van der Waals surface area contributed by atoms with E-state index in [1.807, 2.05) is 11.8 Å². The van der Waals surface area contributed by atoms with E-state index in [1.54, 1.807) is 19.5 Å². The van der Waals surface area contributed by atoms with E-state index in [2.05, 4.69) is 32.2 Å². The first-order valence-corrected chi connectivity index (χ1v) is 10.6. The summed E-state index contributed by atoms with van der Waals surface area (Å²) in [5.74, 6) is 2.88. The minimum atomic E-state index is -0.0378. The molecule has 1 saturated heterocycles. The Morgan fingerprint density at radius 3 is 2.55 bits per heavy atom. The number of carbonyl (C=O) groups excluding carboxylic acids is 1. The number of methoxy groups -OCH3 is 1. The highest BCUT2D eigenvalue weighted by Crippen LogP contribution is 2.40. The van der Waals surface area contributed by atoms with Gasteiger partial charge in [-0.05, 0) is 39.5 Å². The highest BCUT2D eigenvalue weighted by Gasteiger charge is 2.39. The summed E-state index contributed by atoms with van der Waals surface area (Å²) in [6.45, 7) is 5.25. The molecule has 2 aliphatic rings. The summed E-state index contributed by atoms with van der Waals surface area (Å²) in [5.41, 5.74) is 1.04. The van der Waals surface area contributed by atoms with Gasteiger partial charge in [-0.1, -0.05) is 0 Å². The molecule has 9 nitrogen and oxygen atoms in total. The smallest absolute Gasteiger partial charge is 0.258 e. The van der Waals surface area contributed by atoms with Crippen molar-refractivity contribution in [2.24, 2.45) is 0 Å². The number of nitrogens with one attached hydrogen (secondary N) is 1. The summed E-state index contributed by atoms with van der Waals surface area (Å²) in [6, 6.07) is 0. The summed E-state index contributed by atoms with van der Waals surface area (Å²) in [7, 11) is 1.60. The number of aromatic nitrogens is 4. The van der Waals surface area contributed by atoms with Gasteiger partial charge < -0.3 is 19.4 Å². The number of hydrogen-bond acceptors (Lipinski definition) is 8. The molecule has 0 atom stereocenters. The van der Waals surface area contributed by atoms with Crippen LogP contribution in [-0.4, -0.2) is 56.5 Å². The Hall–Kier alpha value is -3.23. The molecule has 0 bridgehead atoms. The molecule has 3 aromatic rings. The zero-order valence-electron chi connectivity index (χ0n) is 18.0. The van der Waals surface area contributed by atoms with E-state index in [-0.39, 0.29) is 17.4 Å². The van der Waals surface area contributed by atoms with Crippen molar-refractivity contribution in [2.75, 3.05) is 25.5 Å². The molecule has 9 heteroatoms. The molecule has 2 fully saturated rings. The van der Waals surface area contributed by atoms with Crippen molar-refractivity contribution in [1.82, 2.24) is 24.8 Å². The van der Waals surface area contributed by atoms with Gasteiger partial charge >= 0.3 is 0 Å². The maximum atomic E-state index is 13.5. The van der Waals surface area contributed by atoms with Crippen LogP contribution in [0.15, 0.2) is 23.1 Å². The molecule has 0 unspecified atom stereocenters. The number of anilines is 1. The second kappa shape index (κ2) is 7.47. The quantitative estimate of drug-likeness (QED) is 0.667. The molecule has 0 radical (unpaired) electrons. The third kappa shape index (κ3) is 3.68. The van der Waals surface area contributed by atoms with Gasteiger partial charge in [0.25, 0.3) is 5.91 Å². The van der Waals surface area contributed by atoms with Crippen molar-refractivity contribution >= 4 is 22.8 Å². The van der Waals surface area contributed by atoms with Crippen LogP contribution in [0.4, 0.5) is 5.82 Å². The van der Waals surface area contributed by atoms with Gasteiger partial charge in [0.1, 0.15) is 23.7 Å². The van der Waals surface area contributed by atoms with E-state index >= 15 is 0 Å². The lowest BCUT2D eigenvalue weighted by atomic mass is 9.95. The molecule has 0 spiro atoms. The van der Waals surface area contributed by atoms with Crippen LogP contribution < -0.4 is 10.1 Å². The zero-order valence-corrected chi connectivity index (χ0v) is 18.0. The second-order valence-corrected chi connectivity index (χ2v) is 8.67. The first-order valence-electron chi connectivity index (χ1n) is 10.6. The average molecular weight is 422 g/mol. The highest BCUT2D eigenvalue weighted by atomic mass is 16.5. The number of hydrogen-bond donors (Lipinski definition) is 1. The number of rotatable bonds is 5. The lowest BCUT2D eigenvalue weighted by molar-refractivity contribution is 0.0711. The first-order chi connectivity index (χ1) is 15.0. The molecule has 4 heterocycles. The van der Waals surface area contributed by atoms with Crippen LogP contribution in [0.3, 0.4) is 0 Å². The number of nitrogens with zero attached hydrogens (tertiary/aromatic N) is 5. The summed E-state index contributed by atoms with van der Waals surface area (Å²) >= 11 is 0. The lowest BCUT2D eigenvalue weighted by Crippen LogP contribution is -2.38. The zero-order chi connectivity index (χ0) is 21.6. The summed E-state index contributed by atoms with van der Waals surface area (Å²) < 4.78 is 11.0. The molecule has 162 valence electrons. The first kappa shape index (κ1) is 19.7. The van der Waals surface area contributed by atoms with Gasteiger partial charge in [-0.25, -0.2) is 19.9 Å². The Labute approximate surface area is 180 Å². The largest absolute Gasteiger partial charge is 0.494 e. The number of furan rings is 1. The number of ether oxygens (including phenoxy) is 1. The Morgan fingerprint density at radius 2 is 1.90 bits per heavy atom. The van der Waals surface area contributed by atoms with Gasteiger partial charge in [-0.15, -0.1) is 0 Å². The Kier molecular flexibility index (Phi) is 4.75.